The zero-order chi connectivity index (χ0) is 17.4. The lowest BCUT2D eigenvalue weighted by Gasteiger charge is -2.25. The number of carboxylic acid groups (broad SMARTS) is 1. The predicted molar refractivity (Wildman–Crippen MR) is 89.1 cm³/mol. The molecule has 7 nitrogen and oxygen atoms in total. The highest BCUT2D eigenvalue weighted by molar-refractivity contribution is 5.82. The average molecular weight is 339 g/mol. The Balaban J connectivity index is 1.77. The van der Waals surface area contributed by atoms with E-state index in [9.17, 15) is 14.7 Å². The van der Waals surface area contributed by atoms with Gasteiger partial charge in [-0.1, -0.05) is 37.2 Å². The summed E-state index contributed by atoms with van der Waals surface area (Å²) in [5.74, 6) is -0.619. The van der Waals surface area contributed by atoms with Crippen LogP contribution in [0.25, 0.3) is 0 Å². The second kappa shape index (κ2) is 9.71. The van der Waals surface area contributed by atoms with Crippen LogP contribution >= 0.6 is 0 Å². The minimum absolute atomic E-state index is 0.0313. The van der Waals surface area contributed by atoms with Gasteiger partial charge in [0.25, 0.3) is 0 Å². The van der Waals surface area contributed by atoms with Gasteiger partial charge in [-0.2, -0.15) is 5.11 Å². The lowest BCUT2D eigenvalue weighted by atomic mass is 9.85. The molecule has 0 aromatic heterocycles. The fourth-order valence-corrected chi connectivity index (χ4v) is 3.69. The highest BCUT2D eigenvalue weighted by Crippen LogP contribution is 2.27. The van der Waals surface area contributed by atoms with Crippen LogP contribution in [0.4, 0.5) is 4.79 Å². The van der Waals surface area contributed by atoms with E-state index in [-0.39, 0.29) is 12.1 Å². The van der Waals surface area contributed by atoms with Gasteiger partial charge in [-0.15, -0.1) is 0 Å². The van der Waals surface area contributed by atoms with Crippen LogP contribution in [0.5, 0.6) is 0 Å². The molecule has 24 heavy (non-hydrogen) atoms. The molecule has 2 saturated carbocycles. The van der Waals surface area contributed by atoms with E-state index in [1.807, 2.05) is 0 Å². The van der Waals surface area contributed by atoms with Crippen molar-refractivity contribution in [2.45, 2.75) is 82.4 Å². The van der Waals surface area contributed by atoms with Crippen molar-refractivity contribution in [3.63, 3.8) is 0 Å². The monoisotopic (exact) mass is 339 g/mol. The van der Waals surface area contributed by atoms with Gasteiger partial charge in [0.15, 0.2) is 0 Å². The molecule has 2 amide bonds. The Morgan fingerprint density at radius 1 is 1.12 bits per heavy atom. The molecule has 2 rings (SSSR count). The summed E-state index contributed by atoms with van der Waals surface area (Å²) in [5.41, 5.74) is 0. The molecule has 1 unspecified atom stereocenters. The molecular formula is C17H29N3O4. The molecule has 1 atom stereocenters. The molecule has 0 aromatic rings. The molecule has 2 aliphatic rings. The predicted octanol–water partition coefficient (Wildman–Crippen LogP) is 3.53. The van der Waals surface area contributed by atoms with Gasteiger partial charge in [0.2, 0.25) is 0 Å². The number of ether oxygens (including phenoxy) is 1. The number of urea groups is 1. The van der Waals surface area contributed by atoms with Crippen molar-refractivity contribution in [1.82, 2.24) is 5.32 Å². The maximum Gasteiger partial charge on any atom is 0.359 e. The number of methoxy groups -OCH3 is 1. The summed E-state index contributed by atoms with van der Waals surface area (Å²) in [6.07, 6.45) is 9.90. The third-order valence-electron chi connectivity index (χ3n) is 5.18. The van der Waals surface area contributed by atoms with E-state index in [4.69, 9.17) is 4.74 Å². The van der Waals surface area contributed by atoms with Crippen LogP contribution in [-0.4, -0.2) is 42.4 Å². The van der Waals surface area contributed by atoms with Crippen LogP contribution < -0.4 is 5.32 Å². The van der Waals surface area contributed by atoms with Crippen LogP contribution in [0.15, 0.2) is 10.2 Å². The number of carboxylic acids is 1. The topological polar surface area (TPSA) is 100 Å². The van der Waals surface area contributed by atoms with Crippen LogP contribution in [0.2, 0.25) is 0 Å². The van der Waals surface area contributed by atoms with Gasteiger partial charge >= 0.3 is 12.0 Å². The SMILES string of the molecule is COC1CCC(N=NC(=O)NC(CC2CCCCC2)C(=O)O)CC1. The molecule has 0 aromatic carbocycles. The number of hydrogen-bond donors (Lipinski definition) is 2. The Morgan fingerprint density at radius 3 is 2.38 bits per heavy atom. The van der Waals surface area contributed by atoms with Crippen molar-refractivity contribution in [2.24, 2.45) is 16.1 Å². The molecular weight excluding hydrogens is 310 g/mol. The second-order valence-electron chi connectivity index (χ2n) is 6.96. The summed E-state index contributed by atoms with van der Waals surface area (Å²) in [5, 5.41) is 19.6. The molecule has 0 spiro atoms. The zero-order valence-electron chi connectivity index (χ0n) is 14.4. The van der Waals surface area contributed by atoms with Gasteiger partial charge in [-0.25, -0.2) is 9.59 Å². The minimum Gasteiger partial charge on any atom is -0.480 e. The maximum absolute atomic E-state index is 11.9. The third-order valence-corrected chi connectivity index (χ3v) is 5.18. The first-order valence-electron chi connectivity index (χ1n) is 9.05. The largest absolute Gasteiger partial charge is 0.480 e. The normalized spacial score (nSPS) is 27.0. The first-order chi connectivity index (χ1) is 11.6. The van der Waals surface area contributed by atoms with Crippen LogP contribution in [0.3, 0.4) is 0 Å². The molecule has 7 heteroatoms. The molecule has 136 valence electrons. The molecule has 0 radical (unpaired) electrons. The van der Waals surface area contributed by atoms with Gasteiger partial charge in [0.1, 0.15) is 6.04 Å². The Hall–Kier alpha value is -1.50. The zero-order valence-corrected chi connectivity index (χ0v) is 14.4. The van der Waals surface area contributed by atoms with E-state index in [0.29, 0.717) is 12.3 Å². The van der Waals surface area contributed by atoms with Crippen molar-refractivity contribution in [3.05, 3.63) is 0 Å². The quantitative estimate of drug-likeness (QED) is 0.723. The number of hydrogen-bond acceptors (Lipinski definition) is 4. The number of azo groups is 1. The Morgan fingerprint density at radius 2 is 1.79 bits per heavy atom. The lowest BCUT2D eigenvalue weighted by molar-refractivity contribution is -0.139. The highest BCUT2D eigenvalue weighted by atomic mass is 16.5. The summed E-state index contributed by atoms with van der Waals surface area (Å²) in [7, 11) is 1.71. The van der Waals surface area contributed by atoms with Crippen molar-refractivity contribution in [1.29, 1.82) is 0 Å². The molecule has 0 heterocycles. The van der Waals surface area contributed by atoms with Gasteiger partial charge in [-0.3, -0.25) is 0 Å². The smallest absolute Gasteiger partial charge is 0.359 e. The van der Waals surface area contributed by atoms with Crippen molar-refractivity contribution in [2.75, 3.05) is 7.11 Å². The fraction of sp³-hybridized carbons (Fsp3) is 0.882. The standard InChI is InChI=1S/C17H29N3O4/c1-24-14-9-7-13(8-10-14)19-20-17(23)18-15(16(21)22)11-12-5-3-2-4-6-12/h12-15H,2-11H2,1H3,(H,18,23)(H,21,22). The number of amides is 2. The first-order valence-corrected chi connectivity index (χ1v) is 9.05. The summed E-state index contributed by atoms with van der Waals surface area (Å²) < 4.78 is 5.30. The molecule has 0 bridgehead atoms. The fourth-order valence-electron chi connectivity index (χ4n) is 3.69. The first kappa shape index (κ1) is 18.8. The second-order valence-corrected chi connectivity index (χ2v) is 6.96. The summed E-state index contributed by atoms with van der Waals surface area (Å²) in [6, 6.07) is -1.49. The number of rotatable bonds is 6. The third kappa shape index (κ3) is 6.19. The van der Waals surface area contributed by atoms with Crippen molar-refractivity contribution >= 4 is 12.0 Å². The van der Waals surface area contributed by atoms with E-state index in [0.717, 1.165) is 51.4 Å². The number of nitrogens with zero attached hydrogens (tertiary/aromatic N) is 2. The average Bonchev–Trinajstić information content (AvgIpc) is 2.60. The molecule has 2 aliphatic carbocycles. The highest BCUT2D eigenvalue weighted by Gasteiger charge is 2.26. The van der Waals surface area contributed by atoms with E-state index >= 15 is 0 Å². The Kier molecular flexibility index (Phi) is 7.62. The number of nitrogens with one attached hydrogen (secondary N) is 1. The van der Waals surface area contributed by atoms with E-state index in [2.05, 4.69) is 15.5 Å². The Bertz CT molecular complexity index is 441. The number of carbonyl (C=O) groups excluding carboxylic acids is 1. The maximum atomic E-state index is 11.9. The minimum atomic E-state index is -0.996. The van der Waals surface area contributed by atoms with E-state index in [1.165, 1.54) is 6.42 Å². The van der Waals surface area contributed by atoms with Crippen LogP contribution in [-0.2, 0) is 9.53 Å². The van der Waals surface area contributed by atoms with Crippen LogP contribution in [0.1, 0.15) is 64.2 Å². The lowest BCUT2D eigenvalue weighted by Crippen LogP contribution is -2.41. The Labute approximate surface area is 143 Å². The number of carbonyl (C=O) groups is 2. The van der Waals surface area contributed by atoms with Crippen molar-refractivity contribution in [3.8, 4) is 0 Å². The van der Waals surface area contributed by atoms with Crippen LogP contribution in [0, 0.1) is 5.92 Å². The van der Waals surface area contributed by atoms with Gasteiger partial charge in [0, 0.05) is 7.11 Å². The summed E-state index contributed by atoms with van der Waals surface area (Å²) in [4.78, 5) is 23.3. The summed E-state index contributed by atoms with van der Waals surface area (Å²) >= 11 is 0. The van der Waals surface area contributed by atoms with Crippen molar-refractivity contribution < 1.29 is 19.4 Å². The molecule has 0 aliphatic heterocycles. The number of aliphatic carboxylic acids is 1. The molecule has 2 fully saturated rings. The van der Waals surface area contributed by atoms with Gasteiger partial charge < -0.3 is 15.2 Å². The van der Waals surface area contributed by atoms with Gasteiger partial charge in [0.05, 0.1) is 12.1 Å². The van der Waals surface area contributed by atoms with Gasteiger partial charge in [-0.05, 0) is 38.0 Å². The van der Waals surface area contributed by atoms with E-state index in [1.54, 1.807) is 7.11 Å². The summed E-state index contributed by atoms with van der Waals surface area (Å²) in [6.45, 7) is 0. The molecule has 0 saturated heterocycles. The van der Waals surface area contributed by atoms with E-state index < -0.39 is 18.0 Å². The molecule has 2 N–H and O–H groups in total.